The summed E-state index contributed by atoms with van der Waals surface area (Å²) >= 11 is 6.03. The molecule has 8 heteroatoms. The third-order valence-electron chi connectivity index (χ3n) is 4.29. The molecule has 0 aliphatic rings. The summed E-state index contributed by atoms with van der Waals surface area (Å²) in [6, 6.07) is 11.3. The molecule has 0 bridgehead atoms. The van der Waals surface area contributed by atoms with Gasteiger partial charge in [0.2, 0.25) is 5.95 Å². The Morgan fingerprint density at radius 2 is 2.00 bits per heavy atom. The number of aromatic nitrogens is 3. The maximum atomic E-state index is 12.7. The van der Waals surface area contributed by atoms with Crippen LogP contribution in [0.4, 0.5) is 5.95 Å². The Labute approximate surface area is 167 Å². The van der Waals surface area contributed by atoms with Crippen LogP contribution in [0.1, 0.15) is 18.5 Å². The summed E-state index contributed by atoms with van der Waals surface area (Å²) in [5.41, 5.74) is 1.69. The Kier molecular flexibility index (Phi) is 6.41. The molecular weight excluding hydrogens is 380 g/mol. The van der Waals surface area contributed by atoms with Crippen molar-refractivity contribution in [1.82, 2.24) is 14.5 Å². The molecule has 0 fully saturated rings. The molecule has 0 aliphatic heterocycles. The summed E-state index contributed by atoms with van der Waals surface area (Å²) in [5.74, 6) is 0.371. The van der Waals surface area contributed by atoms with Crippen LogP contribution in [0, 0.1) is 0 Å². The van der Waals surface area contributed by atoms with Gasteiger partial charge in [0.1, 0.15) is 0 Å². The minimum Gasteiger partial charge on any atom is -0.394 e. The number of aliphatic hydroxyl groups is 2. The van der Waals surface area contributed by atoms with Crippen LogP contribution in [-0.4, -0.2) is 44.0 Å². The zero-order valence-electron chi connectivity index (χ0n) is 15.3. The van der Waals surface area contributed by atoms with Gasteiger partial charge in [-0.15, -0.1) is 0 Å². The van der Waals surface area contributed by atoms with Crippen molar-refractivity contribution < 1.29 is 10.2 Å². The molecule has 2 atom stereocenters. The van der Waals surface area contributed by atoms with E-state index in [1.165, 1.54) is 10.6 Å². The lowest BCUT2D eigenvalue weighted by Gasteiger charge is -2.18. The standard InChI is InChI=1S/C20H21ClN4O3/c1-13(11-26)23-20-22-7-5-17(24-20)14-6-8-25(19(28)10-14)18(12-27)15-3-2-4-16(21)9-15/h2-10,13,18,26-27H,11-12H2,1H3,(H,22,23,24)/t13-,18?/m0/s1. The normalized spacial score (nSPS) is 13.1. The van der Waals surface area contributed by atoms with E-state index < -0.39 is 6.04 Å². The average molecular weight is 401 g/mol. The Morgan fingerprint density at radius 1 is 1.18 bits per heavy atom. The highest BCUT2D eigenvalue weighted by Gasteiger charge is 2.15. The fraction of sp³-hybridized carbons (Fsp3) is 0.250. The van der Waals surface area contributed by atoms with E-state index >= 15 is 0 Å². The van der Waals surface area contributed by atoms with Crippen molar-refractivity contribution in [3.05, 3.63) is 75.8 Å². The molecule has 0 radical (unpaired) electrons. The van der Waals surface area contributed by atoms with Gasteiger partial charge in [0.05, 0.1) is 24.9 Å². The van der Waals surface area contributed by atoms with Crippen LogP contribution in [0.2, 0.25) is 5.02 Å². The molecule has 7 nitrogen and oxygen atoms in total. The maximum Gasteiger partial charge on any atom is 0.251 e. The van der Waals surface area contributed by atoms with Gasteiger partial charge < -0.3 is 20.1 Å². The number of nitrogens with one attached hydrogen (secondary N) is 1. The lowest BCUT2D eigenvalue weighted by Crippen LogP contribution is -2.26. The molecule has 28 heavy (non-hydrogen) atoms. The number of halogens is 1. The van der Waals surface area contributed by atoms with Gasteiger partial charge in [0.25, 0.3) is 5.56 Å². The van der Waals surface area contributed by atoms with E-state index in [1.807, 2.05) is 13.0 Å². The number of hydrogen-bond donors (Lipinski definition) is 3. The smallest absolute Gasteiger partial charge is 0.251 e. The minimum absolute atomic E-state index is 0.0459. The summed E-state index contributed by atoms with van der Waals surface area (Å²) in [6.07, 6.45) is 3.22. The molecule has 0 aliphatic carbocycles. The van der Waals surface area contributed by atoms with E-state index in [0.29, 0.717) is 22.2 Å². The molecule has 0 saturated carbocycles. The Hall–Kier alpha value is -2.74. The minimum atomic E-state index is -0.534. The van der Waals surface area contributed by atoms with Gasteiger partial charge in [-0.05, 0) is 36.8 Å². The highest BCUT2D eigenvalue weighted by atomic mass is 35.5. The Bertz CT molecular complexity index is 1010. The first-order valence-electron chi connectivity index (χ1n) is 8.81. The number of hydrogen-bond acceptors (Lipinski definition) is 6. The second kappa shape index (κ2) is 8.97. The largest absolute Gasteiger partial charge is 0.394 e. The number of anilines is 1. The molecular formula is C20H21ClN4O3. The maximum absolute atomic E-state index is 12.7. The van der Waals surface area contributed by atoms with Crippen LogP contribution in [-0.2, 0) is 0 Å². The predicted octanol–water partition coefficient (Wildman–Crippen LogP) is 2.33. The Balaban J connectivity index is 1.92. The lowest BCUT2D eigenvalue weighted by atomic mass is 10.1. The summed E-state index contributed by atoms with van der Waals surface area (Å²) in [5, 5.41) is 22.5. The van der Waals surface area contributed by atoms with E-state index in [1.54, 1.807) is 42.7 Å². The van der Waals surface area contributed by atoms with Gasteiger partial charge >= 0.3 is 0 Å². The van der Waals surface area contributed by atoms with E-state index in [0.717, 1.165) is 5.56 Å². The summed E-state index contributed by atoms with van der Waals surface area (Å²) in [7, 11) is 0. The zero-order valence-corrected chi connectivity index (χ0v) is 16.0. The summed E-state index contributed by atoms with van der Waals surface area (Å²) in [4.78, 5) is 21.2. The molecule has 0 spiro atoms. The molecule has 2 aromatic heterocycles. The molecule has 0 saturated heterocycles. The van der Waals surface area contributed by atoms with E-state index in [9.17, 15) is 9.90 Å². The first-order valence-corrected chi connectivity index (χ1v) is 9.19. The number of nitrogens with zero attached hydrogens (tertiary/aromatic N) is 3. The lowest BCUT2D eigenvalue weighted by molar-refractivity contribution is 0.247. The second-order valence-corrected chi connectivity index (χ2v) is 6.84. The number of rotatable bonds is 7. The highest BCUT2D eigenvalue weighted by Crippen LogP contribution is 2.22. The fourth-order valence-electron chi connectivity index (χ4n) is 2.83. The van der Waals surface area contributed by atoms with Crippen molar-refractivity contribution in [2.24, 2.45) is 0 Å². The van der Waals surface area contributed by atoms with Crippen LogP contribution >= 0.6 is 11.6 Å². The van der Waals surface area contributed by atoms with Crippen molar-refractivity contribution in [3.63, 3.8) is 0 Å². The first kappa shape index (κ1) is 20.0. The molecule has 1 aromatic carbocycles. The van der Waals surface area contributed by atoms with Crippen molar-refractivity contribution in [2.75, 3.05) is 18.5 Å². The van der Waals surface area contributed by atoms with Crippen molar-refractivity contribution in [2.45, 2.75) is 19.0 Å². The van der Waals surface area contributed by atoms with Crippen LogP contribution in [0.5, 0.6) is 0 Å². The van der Waals surface area contributed by atoms with Crippen molar-refractivity contribution >= 4 is 17.5 Å². The van der Waals surface area contributed by atoms with Crippen molar-refractivity contribution in [1.29, 1.82) is 0 Å². The van der Waals surface area contributed by atoms with E-state index in [2.05, 4.69) is 15.3 Å². The number of benzene rings is 1. The molecule has 3 N–H and O–H groups in total. The van der Waals surface area contributed by atoms with Crippen LogP contribution in [0.3, 0.4) is 0 Å². The summed E-state index contributed by atoms with van der Waals surface area (Å²) in [6.45, 7) is 1.53. The molecule has 146 valence electrons. The van der Waals surface area contributed by atoms with Crippen LogP contribution in [0.15, 0.2) is 59.7 Å². The second-order valence-electron chi connectivity index (χ2n) is 6.41. The molecule has 3 rings (SSSR count). The third-order valence-corrected chi connectivity index (χ3v) is 4.53. The van der Waals surface area contributed by atoms with Crippen LogP contribution < -0.4 is 10.9 Å². The molecule has 3 aromatic rings. The Morgan fingerprint density at radius 3 is 2.68 bits per heavy atom. The van der Waals surface area contributed by atoms with E-state index in [4.69, 9.17) is 16.7 Å². The zero-order chi connectivity index (χ0) is 20.1. The van der Waals surface area contributed by atoms with Crippen molar-refractivity contribution in [3.8, 4) is 11.3 Å². The van der Waals surface area contributed by atoms with Gasteiger partial charge in [-0.2, -0.15) is 0 Å². The number of pyridine rings is 1. The van der Waals surface area contributed by atoms with Crippen LogP contribution in [0.25, 0.3) is 11.3 Å². The molecule has 2 heterocycles. The van der Waals surface area contributed by atoms with Gasteiger partial charge in [-0.1, -0.05) is 23.7 Å². The monoisotopic (exact) mass is 400 g/mol. The average Bonchev–Trinajstić information content (AvgIpc) is 2.70. The van der Waals surface area contributed by atoms with Gasteiger partial charge in [0.15, 0.2) is 0 Å². The fourth-order valence-corrected chi connectivity index (χ4v) is 3.03. The molecule has 1 unspecified atom stereocenters. The third kappa shape index (κ3) is 4.56. The van der Waals surface area contributed by atoms with Gasteiger partial charge in [-0.25, -0.2) is 9.97 Å². The molecule has 0 amide bonds. The van der Waals surface area contributed by atoms with E-state index in [-0.39, 0.29) is 24.8 Å². The quantitative estimate of drug-likeness (QED) is 0.562. The highest BCUT2D eigenvalue weighted by molar-refractivity contribution is 6.30. The van der Waals surface area contributed by atoms with Gasteiger partial charge in [0, 0.05) is 35.1 Å². The topological polar surface area (TPSA) is 100 Å². The SMILES string of the molecule is C[C@@H](CO)Nc1nccc(-c2ccn(C(CO)c3cccc(Cl)c3)c(=O)c2)n1. The first-order chi connectivity index (χ1) is 13.5. The van der Waals surface area contributed by atoms with Gasteiger partial charge in [-0.3, -0.25) is 4.79 Å². The predicted molar refractivity (Wildman–Crippen MR) is 109 cm³/mol. The summed E-state index contributed by atoms with van der Waals surface area (Å²) < 4.78 is 1.46. The number of aliphatic hydroxyl groups excluding tert-OH is 2.